The van der Waals surface area contributed by atoms with Gasteiger partial charge in [0.15, 0.2) is 0 Å². The Kier molecular flexibility index (Phi) is 2.28. The van der Waals surface area contributed by atoms with Crippen LogP contribution in [0.2, 0.25) is 0 Å². The first-order valence-corrected chi connectivity index (χ1v) is 7.15. The molecule has 2 bridgehead atoms. The van der Waals surface area contributed by atoms with Gasteiger partial charge in [0.2, 0.25) is 0 Å². The van der Waals surface area contributed by atoms with Crippen molar-refractivity contribution in [3.8, 4) is 0 Å². The highest BCUT2D eigenvalue weighted by molar-refractivity contribution is 5.87. The van der Waals surface area contributed by atoms with Crippen molar-refractivity contribution in [3.05, 3.63) is 35.0 Å². The van der Waals surface area contributed by atoms with Crippen molar-refractivity contribution < 1.29 is 0 Å². The molecular formula is C16H20N2. The molecule has 3 heterocycles. The molecule has 2 atom stereocenters. The summed E-state index contributed by atoms with van der Waals surface area (Å²) in [6.45, 7) is 6.02. The topological polar surface area (TPSA) is 19.0 Å². The van der Waals surface area contributed by atoms with Gasteiger partial charge in [-0.15, -0.1) is 0 Å². The molecule has 2 heteroatoms. The third-order valence-corrected chi connectivity index (χ3v) is 4.77. The highest BCUT2D eigenvalue weighted by Gasteiger charge is 2.28. The van der Waals surface area contributed by atoms with Gasteiger partial charge in [0.25, 0.3) is 0 Å². The highest BCUT2D eigenvalue weighted by atomic mass is 15.1. The molecule has 1 aromatic carbocycles. The molecule has 4 rings (SSSR count). The van der Waals surface area contributed by atoms with Crippen LogP contribution in [0, 0.1) is 6.92 Å². The van der Waals surface area contributed by atoms with Crippen molar-refractivity contribution in [2.75, 3.05) is 19.6 Å². The maximum Gasteiger partial charge on any atom is 0.0488 e. The summed E-state index contributed by atoms with van der Waals surface area (Å²) < 4.78 is 0. The molecule has 1 fully saturated rings. The molecule has 2 aliphatic rings. The first-order chi connectivity index (χ1) is 8.83. The fourth-order valence-corrected chi connectivity index (χ4v) is 3.82. The number of piperidine rings is 1. The summed E-state index contributed by atoms with van der Waals surface area (Å²) >= 11 is 0. The third-order valence-electron chi connectivity index (χ3n) is 4.77. The molecule has 0 radical (unpaired) electrons. The number of H-pyrrole nitrogens is 1. The first-order valence-electron chi connectivity index (χ1n) is 7.15. The maximum absolute atomic E-state index is 3.75. The van der Waals surface area contributed by atoms with Crippen LogP contribution in [0.25, 0.3) is 10.9 Å². The van der Waals surface area contributed by atoms with E-state index in [4.69, 9.17) is 0 Å². The Bertz CT molecular complexity index is 596. The van der Waals surface area contributed by atoms with E-state index in [9.17, 15) is 0 Å². The van der Waals surface area contributed by atoms with E-state index in [0.29, 0.717) is 0 Å². The molecule has 0 spiro atoms. The van der Waals surface area contributed by atoms with Crippen molar-refractivity contribution in [2.45, 2.75) is 32.1 Å². The van der Waals surface area contributed by atoms with Gasteiger partial charge in [-0.25, -0.2) is 0 Å². The lowest BCUT2D eigenvalue weighted by Crippen LogP contribution is -2.33. The second kappa shape index (κ2) is 3.86. The molecule has 0 aliphatic carbocycles. The Hall–Kier alpha value is -1.28. The second-order valence-corrected chi connectivity index (χ2v) is 5.90. The summed E-state index contributed by atoms with van der Waals surface area (Å²) in [6.07, 6.45) is 3.93. The molecule has 1 saturated heterocycles. The van der Waals surface area contributed by atoms with Crippen LogP contribution in [0.1, 0.15) is 35.6 Å². The number of hydrogen-bond donors (Lipinski definition) is 1. The fraction of sp³-hybridized carbons (Fsp3) is 0.500. The van der Waals surface area contributed by atoms with Gasteiger partial charge in [0, 0.05) is 35.6 Å². The van der Waals surface area contributed by atoms with Crippen LogP contribution in [0.4, 0.5) is 0 Å². The van der Waals surface area contributed by atoms with Crippen molar-refractivity contribution in [2.24, 2.45) is 0 Å². The smallest absolute Gasteiger partial charge is 0.0488 e. The lowest BCUT2D eigenvalue weighted by molar-refractivity contribution is 0.217. The van der Waals surface area contributed by atoms with Crippen molar-refractivity contribution in [3.63, 3.8) is 0 Å². The Balaban J connectivity index is 1.94. The summed E-state index contributed by atoms with van der Waals surface area (Å²) in [5, 5.41) is 1.47. The van der Waals surface area contributed by atoms with Crippen LogP contribution < -0.4 is 0 Å². The Morgan fingerprint density at radius 2 is 2.22 bits per heavy atom. The van der Waals surface area contributed by atoms with E-state index in [1.807, 2.05) is 0 Å². The average molecular weight is 240 g/mol. The van der Waals surface area contributed by atoms with Gasteiger partial charge in [0.05, 0.1) is 0 Å². The zero-order valence-electron chi connectivity index (χ0n) is 11.0. The number of hydrogen-bond acceptors (Lipinski definition) is 1. The lowest BCUT2D eigenvalue weighted by Gasteiger charge is -2.29. The highest BCUT2D eigenvalue weighted by Crippen LogP contribution is 2.36. The van der Waals surface area contributed by atoms with Gasteiger partial charge in [-0.3, -0.25) is 0 Å². The van der Waals surface area contributed by atoms with E-state index in [1.54, 1.807) is 11.3 Å². The van der Waals surface area contributed by atoms with Crippen molar-refractivity contribution >= 4 is 10.9 Å². The van der Waals surface area contributed by atoms with Crippen molar-refractivity contribution in [1.82, 2.24) is 9.88 Å². The quantitative estimate of drug-likeness (QED) is 0.749. The van der Waals surface area contributed by atoms with Crippen LogP contribution in [0.3, 0.4) is 0 Å². The number of rotatable bonds is 0. The Labute approximate surface area is 108 Å². The van der Waals surface area contributed by atoms with Crippen LogP contribution in [0.15, 0.2) is 18.2 Å². The molecule has 1 aromatic heterocycles. The molecule has 0 amide bonds. The minimum Gasteiger partial charge on any atom is -0.358 e. The molecule has 0 saturated carbocycles. The van der Waals surface area contributed by atoms with E-state index in [1.165, 1.54) is 55.4 Å². The van der Waals surface area contributed by atoms with E-state index in [2.05, 4.69) is 35.0 Å². The number of benzene rings is 1. The van der Waals surface area contributed by atoms with Crippen molar-refractivity contribution in [1.29, 1.82) is 0 Å². The number of aromatic nitrogens is 1. The molecule has 2 nitrogen and oxygen atoms in total. The fourth-order valence-electron chi connectivity index (χ4n) is 3.82. The predicted molar refractivity (Wildman–Crippen MR) is 75.2 cm³/mol. The number of nitrogens with zero attached hydrogens (tertiary/aromatic N) is 1. The van der Waals surface area contributed by atoms with Crippen LogP contribution in [-0.4, -0.2) is 29.5 Å². The summed E-state index contributed by atoms with van der Waals surface area (Å²) in [7, 11) is 0. The first kappa shape index (κ1) is 10.6. The average Bonchev–Trinajstić information content (AvgIpc) is 2.72. The maximum atomic E-state index is 3.75. The minimum absolute atomic E-state index is 0.739. The summed E-state index contributed by atoms with van der Waals surface area (Å²) in [5.41, 5.74) is 5.90. The lowest BCUT2D eigenvalue weighted by atomic mass is 9.93. The zero-order chi connectivity index (χ0) is 12.1. The molecule has 1 N–H and O–H groups in total. The van der Waals surface area contributed by atoms with Crippen LogP contribution >= 0.6 is 0 Å². The summed E-state index contributed by atoms with van der Waals surface area (Å²) in [6, 6.07) is 6.71. The monoisotopic (exact) mass is 240 g/mol. The van der Waals surface area contributed by atoms with Gasteiger partial charge < -0.3 is 9.88 Å². The zero-order valence-corrected chi connectivity index (χ0v) is 11.0. The Morgan fingerprint density at radius 3 is 3.17 bits per heavy atom. The SMILES string of the molecule is Cc1cccc2c3c([nH]c12)C1CCCN(CC3)C1. The number of nitrogens with one attached hydrogen (secondary N) is 1. The van der Waals surface area contributed by atoms with E-state index >= 15 is 0 Å². The largest absolute Gasteiger partial charge is 0.358 e. The number of aromatic amines is 1. The minimum atomic E-state index is 0.739. The predicted octanol–water partition coefficient (Wildman–Crippen LogP) is 3.21. The summed E-state index contributed by atoms with van der Waals surface area (Å²) in [5.74, 6) is 0.739. The van der Waals surface area contributed by atoms with E-state index < -0.39 is 0 Å². The number of para-hydroxylation sites is 1. The molecular weight excluding hydrogens is 220 g/mol. The molecule has 94 valence electrons. The standard InChI is InChI=1S/C16H20N2/c1-11-4-2-6-13-14-7-9-18-8-3-5-12(10-18)16(14)17-15(11)13/h2,4,6,12,17H,3,5,7-10H2,1H3. The second-order valence-electron chi connectivity index (χ2n) is 5.90. The molecule has 2 unspecified atom stereocenters. The van der Waals surface area contributed by atoms with Gasteiger partial charge >= 0.3 is 0 Å². The van der Waals surface area contributed by atoms with Gasteiger partial charge in [0.1, 0.15) is 0 Å². The van der Waals surface area contributed by atoms with Gasteiger partial charge in [-0.1, -0.05) is 18.2 Å². The Morgan fingerprint density at radius 1 is 1.28 bits per heavy atom. The normalized spacial score (nSPS) is 26.9. The summed E-state index contributed by atoms with van der Waals surface area (Å²) in [4.78, 5) is 6.40. The van der Waals surface area contributed by atoms with E-state index in [-0.39, 0.29) is 0 Å². The number of aryl methyl sites for hydroxylation is 1. The van der Waals surface area contributed by atoms with E-state index in [0.717, 1.165) is 5.92 Å². The molecule has 2 aromatic rings. The molecule has 2 aliphatic heterocycles. The van der Waals surface area contributed by atoms with Gasteiger partial charge in [-0.05, 0) is 43.9 Å². The molecule has 18 heavy (non-hydrogen) atoms. The van der Waals surface area contributed by atoms with Crippen LogP contribution in [0.5, 0.6) is 0 Å². The van der Waals surface area contributed by atoms with Crippen LogP contribution in [-0.2, 0) is 6.42 Å². The third kappa shape index (κ3) is 1.45. The number of fused-ring (bicyclic) bond motifs is 6. The van der Waals surface area contributed by atoms with Gasteiger partial charge in [-0.2, -0.15) is 0 Å².